The van der Waals surface area contributed by atoms with E-state index in [-0.39, 0.29) is 23.5 Å². The van der Waals surface area contributed by atoms with Crippen LogP contribution in [0.4, 0.5) is 0 Å². The third kappa shape index (κ3) is 3.29. The molecule has 0 aromatic rings. The second-order valence-corrected chi connectivity index (χ2v) is 5.02. The highest BCUT2D eigenvalue weighted by atomic mass is 16.6. The van der Waals surface area contributed by atoms with Crippen molar-refractivity contribution in [3.05, 3.63) is 0 Å². The van der Waals surface area contributed by atoms with Crippen LogP contribution >= 0.6 is 0 Å². The van der Waals surface area contributed by atoms with Crippen LogP contribution in [0.3, 0.4) is 0 Å². The van der Waals surface area contributed by atoms with Crippen molar-refractivity contribution in [3.63, 3.8) is 0 Å². The van der Waals surface area contributed by atoms with Crippen molar-refractivity contribution >= 4 is 5.97 Å². The molecule has 0 aromatic carbocycles. The number of carbonyl (C=O) groups excluding carboxylic acids is 1. The molecule has 1 saturated heterocycles. The van der Waals surface area contributed by atoms with Gasteiger partial charge < -0.3 is 10.1 Å². The summed E-state index contributed by atoms with van der Waals surface area (Å²) in [4.78, 5) is 11.8. The second-order valence-electron chi connectivity index (χ2n) is 5.02. The number of piperidine rings is 1. The molecule has 0 aromatic heterocycles. The van der Waals surface area contributed by atoms with Crippen molar-refractivity contribution < 1.29 is 9.53 Å². The summed E-state index contributed by atoms with van der Waals surface area (Å²) in [7, 11) is 0. The van der Waals surface area contributed by atoms with E-state index < -0.39 is 0 Å². The van der Waals surface area contributed by atoms with E-state index >= 15 is 0 Å². The van der Waals surface area contributed by atoms with Gasteiger partial charge in [-0.15, -0.1) is 0 Å². The molecule has 1 aliphatic rings. The quantitative estimate of drug-likeness (QED) is 0.653. The first-order valence-electron chi connectivity index (χ1n) is 5.36. The molecule has 0 saturated carbocycles. The molecule has 1 fully saturated rings. The van der Waals surface area contributed by atoms with Crippen molar-refractivity contribution in [1.29, 1.82) is 0 Å². The van der Waals surface area contributed by atoms with Gasteiger partial charge in [-0.25, -0.2) is 0 Å². The first kappa shape index (κ1) is 11.5. The zero-order chi connectivity index (χ0) is 10.8. The van der Waals surface area contributed by atoms with Crippen LogP contribution in [-0.2, 0) is 9.53 Å². The molecule has 1 rings (SSSR count). The van der Waals surface area contributed by atoms with Crippen LogP contribution < -0.4 is 5.32 Å². The predicted octanol–water partition coefficient (Wildman–Crippen LogP) is 1.72. The molecule has 82 valence electrons. The highest BCUT2D eigenvalue weighted by Crippen LogP contribution is 2.20. The zero-order valence-corrected chi connectivity index (χ0v) is 9.59. The van der Waals surface area contributed by atoms with Gasteiger partial charge in [0.1, 0.15) is 5.60 Å². The first-order valence-corrected chi connectivity index (χ1v) is 5.36. The minimum atomic E-state index is -0.367. The molecule has 2 atom stereocenters. The number of hydrogen-bond donors (Lipinski definition) is 1. The van der Waals surface area contributed by atoms with Crippen molar-refractivity contribution in [3.8, 4) is 0 Å². The number of nitrogens with one attached hydrogen (secondary N) is 1. The molecule has 0 spiro atoms. The zero-order valence-electron chi connectivity index (χ0n) is 9.59. The molecular weight excluding hydrogens is 178 g/mol. The van der Waals surface area contributed by atoms with Gasteiger partial charge in [-0.05, 0) is 47.1 Å². The summed E-state index contributed by atoms with van der Waals surface area (Å²) in [6, 6.07) is 0.249. The Kier molecular flexibility index (Phi) is 3.53. The van der Waals surface area contributed by atoms with Gasteiger partial charge in [-0.1, -0.05) is 0 Å². The Hall–Kier alpha value is -0.570. The van der Waals surface area contributed by atoms with Crippen LogP contribution in [0, 0.1) is 5.92 Å². The van der Waals surface area contributed by atoms with Crippen molar-refractivity contribution in [2.45, 2.75) is 52.2 Å². The maximum absolute atomic E-state index is 11.8. The molecule has 3 nitrogen and oxygen atoms in total. The summed E-state index contributed by atoms with van der Waals surface area (Å²) in [6.45, 7) is 8.79. The molecule has 1 aliphatic heterocycles. The van der Waals surface area contributed by atoms with E-state index in [1.807, 2.05) is 27.7 Å². The van der Waals surface area contributed by atoms with Crippen LogP contribution in [0.25, 0.3) is 0 Å². The highest BCUT2D eigenvalue weighted by molar-refractivity contribution is 5.73. The topological polar surface area (TPSA) is 38.3 Å². The van der Waals surface area contributed by atoms with Gasteiger partial charge in [0.25, 0.3) is 0 Å². The first-order chi connectivity index (χ1) is 6.40. The van der Waals surface area contributed by atoms with E-state index in [1.54, 1.807) is 0 Å². The van der Waals surface area contributed by atoms with Gasteiger partial charge in [0.05, 0.1) is 5.92 Å². The SMILES string of the molecule is C[C@H]1NCCC[C@H]1C(=O)OC(C)(C)C. The third-order valence-corrected chi connectivity index (χ3v) is 2.47. The number of rotatable bonds is 1. The number of esters is 1. The monoisotopic (exact) mass is 199 g/mol. The fraction of sp³-hybridized carbons (Fsp3) is 0.909. The minimum absolute atomic E-state index is 0.0305. The van der Waals surface area contributed by atoms with Gasteiger partial charge in [0.15, 0.2) is 0 Å². The Balaban J connectivity index is 2.50. The third-order valence-electron chi connectivity index (χ3n) is 2.47. The Morgan fingerprint density at radius 2 is 2.07 bits per heavy atom. The van der Waals surface area contributed by atoms with Crippen molar-refractivity contribution in [1.82, 2.24) is 5.32 Å². The molecule has 1 N–H and O–H groups in total. The average Bonchev–Trinajstić information content (AvgIpc) is 2.01. The van der Waals surface area contributed by atoms with Gasteiger partial charge in [-0.3, -0.25) is 4.79 Å². The molecule has 0 unspecified atom stereocenters. The highest BCUT2D eigenvalue weighted by Gasteiger charge is 2.31. The van der Waals surface area contributed by atoms with E-state index in [0.717, 1.165) is 19.4 Å². The predicted molar refractivity (Wildman–Crippen MR) is 56.0 cm³/mol. The summed E-state index contributed by atoms with van der Waals surface area (Å²) >= 11 is 0. The lowest BCUT2D eigenvalue weighted by atomic mass is 9.92. The molecular formula is C11H21NO2. The van der Waals surface area contributed by atoms with E-state index in [1.165, 1.54) is 0 Å². The van der Waals surface area contributed by atoms with E-state index in [2.05, 4.69) is 5.32 Å². The lowest BCUT2D eigenvalue weighted by Crippen LogP contribution is -2.44. The summed E-state index contributed by atoms with van der Waals surface area (Å²) in [6.07, 6.45) is 2.01. The van der Waals surface area contributed by atoms with Crippen LogP contribution in [0.15, 0.2) is 0 Å². The summed E-state index contributed by atoms with van der Waals surface area (Å²) < 4.78 is 5.37. The summed E-state index contributed by atoms with van der Waals surface area (Å²) in [5, 5.41) is 3.30. The van der Waals surface area contributed by atoms with Crippen LogP contribution in [0.1, 0.15) is 40.5 Å². The maximum atomic E-state index is 11.8. The Bertz CT molecular complexity index is 208. The second kappa shape index (κ2) is 4.30. The van der Waals surface area contributed by atoms with Gasteiger partial charge in [0.2, 0.25) is 0 Å². The van der Waals surface area contributed by atoms with Gasteiger partial charge in [0, 0.05) is 6.04 Å². The molecule has 3 heteroatoms. The summed E-state index contributed by atoms with van der Waals surface area (Å²) in [5.41, 5.74) is -0.367. The largest absolute Gasteiger partial charge is 0.460 e. The Labute approximate surface area is 86.2 Å². The van der Waals surface area contributed by atoms with Crippen LogP contribution in [0.2, 0.25) is 0 Å². The van der Waals surface area contributed by atoms with Crippen molar-refractivity contribution in [2.24, 2.45) is 5.92 Å². The maximum Gasteiger partial charge on any atom is 0.311 e. The molecule has 0 aliphatic carbocycles. The van der Waals surface area contributed by atoms with Crippen LogP contribution in [-0.4, -0.2) is 24.2 Å². The normalized spacial score (nSPS) is 28.6. The number of ether oxygens (including phenoxy) is 1. The average molecular weight is 199 g/mol. The fourth-order valence-corrected chi connectivity index (χ4v) is 1.74. The molecule has 0 radical (unpaired) electrons. The van der Waals surface area contributed by atoms with Gasteiger partial charge in [-0.2, -0.15) is 0 Å². The summed E-state index contributed by atoms with van der Waals surface area (Å²) in [5.74, 6) is -0.0276. The Morgan fingerprint density at radius 3 is 2.57 bits per heavy atom. The van der Waals surface area contributed by atoms with E-state index in [9.17, 15) is 4.79 Å². The molecule has 0 amide bonds. The lowest BCUT2D eigenvalue weighted by molar-refractivity contribution is -0.161. The fourth-order valence-electron chi connectivity index (χ4n) is 1.74. The number of carbonyl (C=O) groups is 1. The van der Waals surface area contributed by atoms with E-state index in [0.29, 0.717) is 0 Å². The van der Waals surface area contributed by atoms with Gasteiger partial charge >= 0.3 is 5.97 Å². The number of hydrogen-bond acceptors (Lipinski definition) is 3. The minimum Gasteiger partial charge on any atom is -0.460 e. The standard InChI is InChI=1S/C11H21NO2/c1-8-9(6-5-7-12-8)10(13)14-11(2,3)4/h8-9,12H,5-7H2,1-4H3/t8-,9-/m1/s1. The Morgan fingerprint density at radius 1 is 1.43 bits per heavy atom. The van der Waals surface area contributed by atoms with E-state index in [4.69, 9.17) is 4.74 Å². The van der Waals surface area contributed by atoms with Crippen LogP contribution in [0.5, 0.6) is 0 Å². The lowest BCUT2D eigenvalue weighted by Gasteiger charge is -2.31. The van der Waals surface area contributed by atoms with Crippen molar-refractivity contribution in [2.75, 3.05) is 6.54 Å². The molecule has 14 heavy (non-hydrogen) atoms. The molecule has 1 heterocycles. The smallest absolute Gasteiger partial charge is 0.311 e. The molecule has 0 bridgehead atoms.